The fraction of sp³-hybridized carbons (Fsp3) is 0.476. The van der Waals surface area contributed by atoms with Gasteiger partial charge in [0, 0.05) is 18.8 Å². The molecule has 0 bridgehead atoms. The van der Waals surface area contributed by atoms with E-state index in [1.807, 2.05) is 29.2 Å². The third-order valence-electron chi connectivity index (χ3n) is 4.77. The van der Waals surface area contributed by atoms with Gasteiger partial charge < -0.3 is 10.2 Å². The lowest BCUT2D eigenvalue weighted by Crippen LogP contribution is -2.32. The number of rotatable bonds is 3. The molecule has 0 radical (unpaired) electrons. The summed E-state index contributed by atoms with van der Waals surface area (Å²) >= 11 is 0. The van der Waals surface area contributed by atoms with E-state index in [9.17, 15) is 4.79 Å². The first-order valence-corrected chi connectivity index (χ1v) is 9.45. The molecule has 5 heteroatoms. The molecule has 1 aliphatic heterocycles. The minimum absolute atomic E-state index is 0.0129. The van der Waals surface area contributed by atoms with Crippen molar-refractivity contribution in [1.82, 2.24) is 15.1 Å². The lowest BCUT2D eigenvalue weighted by molar-refractivity contribution is 0.0754. The van der Waals surface area contributed by atoms with E-state index >= 15 is 0 Å². The van der Waals surface area contributed by atoms with Gasteiger partial charge in [-0.05, 0) is 42.0 Å². The Morgan fingerprint density at radius 1 is 0.962 bits per heavy atom. The molecular weight excluding hydrogens is 324 g/mol. The largest absolute Gasteiger partial charge is 0.338 e. The second-order valence-electron chi connectivity index (χ2n) is 7.93. The molecule has 1 saturated heterocycles. The molecule has 1 aliphatic rings. The summed E-state index contributed by atoms with van der Waals surface area (Å²) in [7, 11) is 0. The first-order valence-electron chi connectivity index (χ1n) is 9.45. The van der Waals surface area contributed by atoms with Crippen LogP contribution in [0.2, 0.25) is 0 Å². The van der Waals surface area contributed by atoms with Crippen molar-refractivity contribution in [3.63, 3.8) is 0 Å². The molecule has 1 N–H and O–H groups in total. The predicted molar refractivity (Wildman–Crippen MR) is 105 cm³/mol. The van der Waals surface area contributed by atoms with Gasteiger partial charge in [0.15, 0.2) is 11.5 Å². The maximum Gasteiger partial charge on any atom is 0.274 e. The number of hydrogen-bond acceptors (Lipinski definition) is 4. The highest BCUT2D eigenvalue weighted by Crippen LogP contribution is 2.30. The molecule has 0 saturated carbocycles. The van der Waals surface area contributed by atoms with Crippen molar-refractivity contribution in [1.29, 1.82) is 0 Å². The van der Waals surface area contributed by atoms with E-state index < -0.39 is 0 Å². The molecule has 1 aromatic heterocycles. The number of anilines is 2. The minimum atomic E-state index is -0.0129. The number of carbonyl (C=O) groups excluding carboxylic acids is 1. The maximum absolute atomic E-state index is 12.6. The summed E-state index contributed by atoms with van der Waals surface area (Å²) in [5, 5.41) is 11.7. The molecule has 1 amide bonds. The Morgan fingerprint density at radius 3 is 2.27 bits per heavy atom. The molecule has 0 unspecified atom stereocenters. The number of benzene rings is 1. The number of amides is 1. The van der Waals surface area contributed by atoms with Gasteiger partial charge in [-0.25, -0.2) is 0 Å². The Morgan fingerprint density at radius 2 is 1.65 bits per heavy atom. The number of likely N-dealkylation sites (tertiary alicyclic amines) is 1. The lowest BCUT2D eigenvalue weighted by atomic mass is 9.86. The van der Waals surface area contributed by atoms with Crippen LogP contribution < -0.4 is 5.32 Å². The predicted octanol–water partition coefficient (Wildman–Crippen LogP) is 4.53. The standard InChI is InChI=1S/C21H28N4O/c1-21(2,3)16-10-6-7-11-17(16)22-19-13-12-18(23-24-19)20(26)25-14-8-4-5-9-15-25/h6-7,10-13H,4-5,8-9,14-15H2,1-3H3,(H,22,24). The Kier molecular flexibility index (Phi) is 5.55. The summed E-state index contributed by atoms with van der Waals surface area (Å²) in [6.45, 7) is 8.19. The highest BCUT2D eigenvalue weighted by molar-refractivity contribution is 5.92. The molecule has 1 fully saturated rings. The van der Waals surface area contributed by atoms with Crippen molar-refractivity contribution in [2.24, 2.45) is 0 Å². The van der Waals surface area contributed by atoms with E-state index in [0.29, 0.717) is 11.5 Å². The highest BCUT2D eigenvalue weighted by Gasteiger charge is 2.20. The Hall–Kier alpha value is -2.43. The summed E-state index contributed by atoms with van der Waals surface area (Å²) in [6, 6.07) is 11.8. The van der Waals surface area contributed by atoms with Gasteiger partial charge in [-0.15, -0.1) is 10.2 Å². The molecule has 3 rings (SSSR count). The number of hydrogen-bond donors (Lipinski definition) is 1. The Balaban J connectivity index is 1.73. The van der Waals surface area contributed by atoms with Crippen LogP contribution in [-0.4, -0.2) is 34.1 Å². The van der Waals surface area contributed by atoms with Crippen LogP contribution in [0.15, 0.2) is 36.4 Å². The van der Waals surface area contributed by atoms with E-state index in [1.165, 1.54) is 18.4 Å². The summed E-state index contributed by atoms with van der Waals surface area (Å²) in [6.07, 6.45) is 4.54. The smallest absolute Gasteiger partial charge is 0.274 e. The van der Waals surface area contributed by atoms with Gasteiger partial charge in [-0.1, -0.05) is 51.8 Å². The zero-order valence-corrected chi connectivity index (χ0v) is 16.0. The van der Waals surface area contributed by atoms with Crippen LogP contribution in [0.1, 0.15) is 62.5 Å². The van der Waals surface area contributed by atoms with Crippen LogP contribution in [0.25, 0.3) is 0 Å². The summed E-state index contributed by atoms with van der Waals surface area (Å²) < 4.78 is 0. The van der Waals surface area contributed by atoms with E-state index in [0.717, 1.165) is 31.6 Å². The first kappa shape index (κ1) is 18.4. The highest BCUT2D eigenvalue weighted by atomic mass is 16.2. The van der Waals surface area contributed by atoms with Crippen molar-refractivity contribution >= 4 is 17.4 Å². The molecule has 0 spiro atoms. The molecule has 0 aliphatic carbocycles. The zero-order valence-electron chi connectivity index (χ0n) is 16.0. The zero-order chi connectivity index (χ0) is 18.6. The number of carbonyl (C=O) groups is 1. The van der Waals surface area contributed by atoms with Crippen molar-refractivity contribution in [2.45, 2.75) is 51.9 Å². The van der Waals surface area contributed by atoms with E-state index in [-0.39, 0.29) is 11.3 Å². The lowest BCUT2D eigenvalue weighted by Gasteiger charge is -2.23. The SMILES string of the molecule is CC(C)(C)c1ccccc1Nc1ccc(C(=O)N2CCCCCC2)nn1. The fourth-order valence-electron chi connectivity index (χ4n) is 3.33. The van der Waals surface area contributed by atoms with Crippen LogP contribution in [0.5, 0.6) is 0 Å². The number of para-hydroxylation sites is 1. The summed E-state index contributed by atoms with van der Waals surface area (Å²) in [5.41, 5.74) is 2.67. The number of nitrogens with one attached hydrogen (secondary N) is 1. The summed E-state index contributed by atoms with van der Waals surface area (Å²) in [5.74, 6) is 0.634. The van der Waals surface area contributed by atoms with Crippen LogP contribution >= 0.6 is 0 Å². The average molecular weight is 352 g/mol. The monoisotopic (exact) mass is 352 g/mol. The average Bonchev–Trinajstić information content (AvgIpc) is 2.91. The fourth-order valence-corrected chi connectivity index (χ4v) is 3.33. The number of nitrogens with zero attached hydrogens (tertiary/aromatic N) is 3. The van der Waals surface area contributed by atoms with Crippen LogP contribution in [0, 0.1) is 0 Å². The second-order valence-corrected chi connectivity index (χ2v) is 7.93. The molecule has 0 atom stereocenters. The maximum atomic E-state index is 12.6. The van der Waals surface area contributed by atoms with Gasteiger partial charge in [0.1, 0.15) is 0 Å². The van der Waals surface area contributed by atoms with Crippen LogP contribution in [0.3, 0.4) is 0 Å². The van der Waals surface area contributed by atoms with Gasteiger partial charge >= 0.3 is 0 Å². The quantitative estimate of drug-likeness (QED) is 0.881. The van der Waals surface area contributed by atoms with Gasteiger partial charge in [0.2, 0.25) is 0 Å². The summed E-state index contributed by atoms with van der Waals surface area (Å²) in [4.78, 5) is 14.5. The van der Waals surface area contributed by atoms with Gasteiger partial charge in [0.05, 0.1) is 0 Å². The molecule has 2 heterocycles. The third kappa shape index (κ3) is 4.40. The van der Waals surface area contributed by atoms with Crippen molar-refractivity contribution in [3.05, 3.63) is 47.7 Å². The molecule has 1 aromatic carbocycles. The second kappa shape index (κ2) is 7.85. The molecular formula is C21H28N4O. The van der Waals surface area contributed by atoms with Gasteiger partial charge in [0.25, 0.3) is 5.91 Å². The molecule has 5 nitrogen and oxygen atoms in total. The minimum Gasteiger partial charge on any atom is -0.338 e. The third-order valence-corrected chi connectivity index (χ3v) is 4.77. The Bertz CT molecular complexity index is 741. The number of aromatic nitrogens is 2. The van der Waals surface area contributed by atoms with E-state index in [1.54, 1.807) is 6.07 Å². The van der Waals surface area contributed by atoms with Crippen molar-refractivity contribution < 1.29 is 4.79 Å². The van der Waals surface area contributed by atoms with E-state index in [4.69, 9.17) is 0 Å². The van der Waals surface area contributed by atoms with E-state index in [2.05, 4.69) is 42.4 Å². The molecule has 138 valence electrons. The molecule has 2 aromatic rings. The van der Waals surface area contributed by atoms with Crippen LogP contribution in [0.4, 0.5) is 11.5 Å². The topological polar surface area (TPSA) is 58.1 Å². The molecule has 26 heavy (non-hydrogen) atoms. The first-order chi connectivity index (χ1) is 12.4. The Labute approximate surface area is 155 Å². The van der Waals surface area contributed by atoms with Gasteiger partial charge in [-0.2, -0.15) is 0 Å². The normalized spacial score (nSPS) is 15.4. The van der Waals surface area contributed by atoms with Crippen molar-refractivity contribution in [2.75, 3.05) is 18.4 Å². The van der Waals surface area contributed by atoms with Crippen LogP contribution in [-0.2, 0) is 5.41 Å². The van der Waals surface area contributed by atoms with Gasteiger partial charge in [-0.3, -0.25) is 4.79 Å². The van der Waals surface area contributed by atoms with Crippen molar-refractivity contribution in [3.8, 4) is 0 Å².